The van der Waals surface area contributed by atoms with E-state index in [1.165, 1.54) is 6.07 Å². The number of sulfone groups is 1. The number of fused-ring (bicyclic) bond motifs is 1. The molecule has 3 aromatic carbocycles. The highest BCUT2D eigenvalue weighted by Gasteiger charge is 2.33. The summed E-state index contributed by atoms with van der Waals surface area (Å²) in [5, 5.41) is 5.72. The van der Waals surface area contributed by atoms with Crippen molar-refractivity contribution >= 4 is 38.7 Å². The predicted octanol–water partition coefficient (Wildman–Crippen LogP) is 4.63. The zero-order valence-corrected chi connectivity index (χ0v) is 24.0. The largest absolute Gasteiger partial charge is 0.416 e. The Morgan fingerprint density at radius 1 is 0.952 bits per heavy atom. The van der Waals surface area contributed by atoms with Crippen LogP contribution in [0.1, 0.15) is 32.6 Å². The van der Waals surface area contributed by atoms with Gasteiger partial charge in [0.1, 0.15) is 6.04 Å². The average molecular weight is 601 g/mol. The fraction of sp³-hybridized carbons (Fsp3) is 0.333. The Labute approximate surface area is 242 Å². The molecule has 5 rings (SSSR count). The number of hydrogen-bond donors (Lipinski definition) is 2. The normalized spacial score (nSPS) is 17.4. The molecule has 2 aliphatic rings. The SMILES string of the molecule is Cc1ccc(C)c(CS(=O)(=O)C[C@H]2Nc3ccc(C(=O)N4CCN(c5cccc(C(F)(F)F)c5)CC4)cc3NC2=O)c1. The van der Waals surface area contributed by atoms with E-state index >= 15 is 0 Å². The number of piperazine rings is 1. The van der Waals surface area contributed by atoms with Crippen LogP contribution >= 0.6 is 0 Å². The highest BCUT2D eigenvalue weighted by molar-refractivity contribution is 7.90. The minimum atomic E-state index is -4.43. The van der Waals surface area contributed by atoms with E-state index in [0.717, 1.165) is 23.3 Å². The summed E-state index contributed by atoms with van der Waals surface area (Å²) in [6.45, 7) is 5.11. The van der Waals surface area contributed by atoms with E-state index < -0.39 is 33.5 Å². The van der Waals surface area contributed by atoms with Crippen molar-refractivity contribution in [3.63, 3.8) is 0 Å². The van der Waals surface area contributed by atoms with E-state index in [-0.39, 0.29) is 17.4 Å². The first-order valence-electron chi connectivity index (χ1n) is 13.5. The molecule has 8 nitrogen and oxygen atoms in total. The fourth-order valence-electron chi connectivity index (χ4n) is 5.23. The molecule has 2 amide bonds. The van der Waals surface area contributed by atoms with Crippen molar-refractivity contribution in [1.82, 2.24) is 4.90 Å². The number of alkyl halides is 3. The second-order valence-electron chi connectivity index (χ2n) is 10.8. The molecule has 1 saturated heterocycles. The first-order valence-corrected chi connectivity index (χ1v) is 15.3. The molecule has 0 unspecified atom stereocenters. The molecule has 12 heteroatoms. The second-order valence-corrected chi connectivity index (χ2v) is 12.9. The van der Waals surface area contributed by atoms with Crippen LogP contribution in [-0.2, 0) is 26.6 Å². The first kappa shape index (κ1) is 29.4. The summed E-state index contributed by atoms with van der Waals surface area (Å²) in [5.74, 6) is -1.34. The Bertz CT molecular complexity index is 1630. The van der Waals surface area contributed by atoms with Gasteiger partial charge in [-0.3, -0.25) is 9.59 Å². The molecule has 222 valence electrons. The minimum absolute atomic E-state index is 0.173. The number of aryl methyl sites for hydroxylation is 2. The first-order chi connectivity index (χ1) is 19.8. The Morgan fingerprint density at radius 2 is 1.69 bits per heavy atom. The zero-order valence-electron chi connectivity index (χ0n) is 23.2. The molecule has 2 aliphatic heterocycles. The van der Waals surface area contributed by atoms with E-state index in [1.54, 1.807) is 29.2 Å². The van der Waals surface area contributed by atoms with Crippen LogP contribution in [0.25, 0.3) is 0 Å². The van der Waals surface area contributed by atoms with Gasteiger partial charge in [-0.15, -0.1) is 0 Å². The number of amides is 2. The minimum Gasteiger partial charge on any atom is -0.371 e. The monoisotopic (exact) mass is 600 g/mol. The molecule has 2 N–H and O–H groups in total. The molecule has 0 radical (unpaired) electrons. The van der Waals surface area contributed by atoms with Crippen molar-refractivity contribution in [3.8, 4) is 0 Å². The topological polar surface area (TPSA) is 98.8 Å². The van der Waals surface area contributed by atoms with Crippen LogP contribution in [0.4, 0.5) is 30.2 Å². The van der Waals surface area contributed by atoms with Crippen LogP contribution < -0.4 is 15.5 Å². The summed E-state index contributed by atoms with van der Waals surface area (Å²) in [4.78, 5) is 29.5. The van der Waals surface area contributed by atoms with Gasteiger partial charge in [-0.05, 0) is 61.4 Å². The summed E-state index contributed by atoms with van der Waals surface area (Å²) < 4.78 is 65.2. The van der Waals surface area contributed by atoms with Gasteiger partial charge in [0, 0.05) is 37.4 Å². The molecule has 0 aliphatic carbocycles. The number of rotatable bonds is 6. The summed E-state index contributed by atoms with van der Waals surface area (Å²) in [6.07, 6.45) is -4.43. The third kappa shape index (κ3) is 6.53. The van der Waals surface area contributed by atoms with Gasteiger partial charge in [0.25, 0.3) is 5.91 Å². The molecule has 0 bridgehead atoms. The van der Waals surface area contributed by atoms with Crippen LogP contribution in [0.5, 0.6) is 0 Å². The van der Waals surface area contributed by atoms with Crippen molar-refractivity contribution in [2.24, 2.45) is 0 Å². The maximum absolute atomic E-state index is 13.2. The van der Waals surface area contributed by atoms with Crippen molar-refractivity contribution in [2.75, 3.05) is 47.5 Å². The van der Waals surface area contributed by atoms with Gasteiger partial charge in [0.15, 0.2) is 9.84 Å². The van der Waals surface area contributed by atoms with Crippen molar-refractivity contribution in [1.29, 1.82) is 0 Å². The van der Waals surface area contributed by atoms with Gasteiger partial charge < -0.3 is 20.4 Å². The lowest BCUT2D eigenvalue weighted by Gasteiger charge is -2.36. The Kier molecular flexibility index (Phi) is 7.93. The molecule has 42 heavy (non-hydrogen) atoms. The molecular formula is C30H31F3N4O4S. The second kappa shape index (κ2) is 11.3. The smallest absolute Gasteiger partial charge is 0.371 e. The van der Waals surface area contributed by atoms with Gasteiger partial charge in [-0.2, -0.15) is 13.2 Å². The number of carbonyl (C=O) groups is 2. The van der Waals surface area contributed by atoms with E-state index in [0.29, 0.717) is 54.4 Å². The van der Waals surface area contributed by atoms with E-state index in [1.807, 2.05) is 36.9 Å². The third-order valence-corrected chi connectivity index (χ3v) is 9.17. The third-order valence-electron chi connectivity index (χ3n) is 7.58. The standard InChI is InChI=1S/C30H31F3N4O4S/c1-19-6-7-20(2)22(14-19)17-42(40,41)18-27-28(38)35-26-15-21(8-9-25(26)34-27)29(39)37-12-10-36(11-13-37)24-5-3-4-23(16-24)30(31,32)33/h3-9,14-16,27,34H,10-13,17-18H2,1-2H3,(H,35,38)/t27-/m1/s1. The zero-order chi connectivity index (χ0) is 30.2. The maximum Gasteiger partial charge on any atom is 0.416 e. The van der Waals surface area contributed by atoms with Crippen molar-refractivity contribution in [3.05, 3.63) is 88.5 Å². The number of nitrogens with zero attached hydrogens (tertiary/aromatic N) is 2. The highest BCUT2D eigenvalue weighted by Crippen LogP contribution is 2.32. The molecule has 3 aromatic rings. The molecule has 0 saturated carbocycles. The maximum atomic E-state index is 13.2. The molecule has 2 heterocycles. The molecule has 1 fully saturated rings. The van der Waals surface area contributed by atoms with Gasteiger partial charge in [0.05, 0.1) is 28.4 Å². The Hall–Kier alpha value is -4.06. The summed E-state index contributed by atoms with van der Waals surface area (Å²) >= 11 is 0. The average Bonchev–Trinajstić information content (AvgIpc) is 2.94. The van der Waals surface area contributed by atoms with Gasteiger partial charge in [-0.1, -0.05) is 29.8 Å². The molecular weight excluding hydrogens is 569 g/mol. The Balaban J connectivity index is 1.21. The number of carbonyl (C=O) groups excluding carboxylic acids is 2. The van der Waals surface area contributed by atoms with E-state index in [4.69, 9.17) is 0 Å². The Morgan fingerprint density at radius 3 is 2.40 bits per heavy atom. The van der Waals surface area contributed by atoms with Gasteiger partial charge in [0.2, 0.25) is 5.91 Å². The summed E-state index contributed by atoms with van der Waals surface area (Å²) in [7, 11) is -3.62. The van der Waals surface area contributed by atoms with Crippen molar-refractivity contribution < 1.29 is 31.2 Å². The number of halogens is 3. The van der Waals surface area contributed by atoms with Gasteiger partial charge in [-0.25, -0.2) is 8.42 Å². The lowest BCUT2D eigenvalue weighted by Crippen LogP contribution is -2.49. The van der Waals surface area contributed by atoms with Gasteiger partial charge >= 0.3 is 6.18 Å². The van der Waals surface area contributed by atoms with Crippen LogP contribution in [0, 0.1) is 13.8 Å². The lowest BCUT2D eigenvalue weighted by atomic mass is 10.1. The van der Waals surface area contributed by atoms with E-state index in [2.05, 4.69) is 10.6 Å². The van der Waals surface area contributed by atoms with Crippen LogP contribution in [0.3, 0.4) is 0 Å². The van der Waals surface area contributed by atoms with Crippen LogP contribution in [0.2, 0.25) is 0 Å². The number of hydrogen-bond acceptors (Lipinski definition) is 6. The number of nitrogens with one attached hydrogen (secondary N) is 2. The predicted molar refractivity (Wildman–Crippen MR) is 155 cm³/mol. The molecule has 0 spiro atoms. The quantitative estimate of drug-likeness (QED) is 0.428. The molecule has 1 atom stereocenters. The summed E-state index contributed by atoms with van der Waals surface area (Å²) in [5.41, 5.74) is 3.47. The van der Waals surface area contributed by atoms with Crippen molar-refractivity contribution in [2.45, 2.75) is 31.8 Å². The van der Waals surface area contributed by atoms with E-state index in [9.17, 15) is 31.2 Å². The number of anilines is 3. The number of benzene rings is 3. The fourth-order valence-corrected chi connectivity index (χ4v) is 6.88. The highest BCUT2D eigenvalue weighted by atomic mass is 32.2. The van der Waals surface area contributed by atoms with Crippen LogP contribution in [0.15, 0.2) is 60.7 Å². The summed E-state index contributed by atoms with van der Waals surface area (Å²) in [6, 6.07) is 14.5. The lowest BCUT2D eigenvalue weighted by molar-refractivity contribution is -0.137. The van der Waals surface area contributed by atoms with Crippen LogP contribution in [-0.4, -0.2) is 63.1 Å². The molecule has 0 aromatic heterocycles.